The summed E-state index contributed by atoms with van der Waals surface area (Å²) in [5.41, 5.74) is 5.67. The molecule has 21 heavy (non-hydrogen) atoms. The smallest absolute Gasteiger partial charge is 0.153 e. The standard InChI is InChI=1S/C14H13ClF2N4/c15-12-13(18)19-7-20-14(12)21(8-4-5-8)6-9-10(16)2-1-3-11(9)17/h1-3,7-8H,4-6H2,(H2,18,19,20). The average molecular weight is 311 g/mol. The molecule has 1 saturated carbocycles. The number of halogens is 3. The molecule has 1 aliphatic rings. The third-order valence-electron chi connectivity index (χ3n) is 3.45. The maximum Gasteiger partial charge on any atom is 0.153 e. The summed E-state index contributed by atoms with van der Waals surface area (Å²) in [4.78, 5) is 9.70. The molecule has 1 aromatic carbocycles. The van der Waals surface area contributed by atoms with Crippen LogP contribution in [0.4, 0.5) is 20.4 Å². The van der Waals surface area contributed by atoms with Gasteiger partial charge in [-0.2, -0.15) is 0 Å². The first-order valence-electron chi connectivity index (χ1n) is 6.53. The maximum absolute atomic E-state index is 13.8. The second-order valence-electron chi connectivity index (χ2n) is 4.96. The van der Waals surface area contributed by atoms with E-state index in [4.69, 9.17) is 17.3 Å². The van der Waals surface area contributed by atoms with Crippen LogP contribution >= 0.6 is 11.6 Å². The molecule has 1 aromatic heterocycles. The van der Waals surface area contributed by atoms with Crippen molar-refractivity contribution in [3.05, 3.63) is 46.7 Å². The summed E-state index contributed by atoms with van der Waals surface area (Å²) in [5.74, 6) is -0.603. The predicted octanol–water partition coefficient (Wildman–Crippen LogP) is 3.16. The third-order valence-corrected chi connectivity index (χ3v) is 3.81. The molecule has 0 atom stereocenters. The highest BCUT2D eigenvalue weighted by atomic mass is 35.5. The van der Waals surface area contributed by atoms with Crippen LogP contribution in [0.5, 0.6) is 0 Å². The minimum Gasteiger partial charge on any atom is -0.382 e. The van der Waals surface area contributed by atoms with E-state index in [1.807, 2.05) is 0 Å². The maximum atomic E-state index is 13.8. The van der Waals surface area contributed by atoms with Crippen LogP contribution in [0.2, 0.25) is 5.02 Å². The quantitative estimate of drug-likeness (QED) is 0.942. The van der Waals surface area contributed by atoms with Gasteiger partial charge in [0, 0.05) is 11.6 Å². The molecule has 0 spiro atoms. The Kier molecular flexibility index (Phi) is 3.63. The number of anilines is 2. The summed E-state index contributed by atoms with van der Waals surface area (Å²) < 4.78 is 27.7. The van der Waals surface area contributed by atoms with Gasteiger partial charge < -0.3 is 10.6 Å². The number of nitrogens with two attached hydrogens (primary N) is 1. The minimum atomic E-state index is -0.584. The molecule has 0 amide bonds. The second-order valence-corrected chi connectivity index (χ2v) is 5.33. The normalized spacial score (nSPS) is 14.2. The van der Waals surface area contributed by atoms with E-state index in [-0.39, 0.29) is 29.0 Å². The summed E-state index contributed by atoms with van der Waals surface area (Å²) in [6.45, 7) is 0.0549. The molecular weight excluding hydrogens is 298 g/mol. The Balaban J connectivity index is 1.98. The van der Waals surface area contributed by atoms with Crippen molar-refractivity contribution in [1.29, 1.82) is 0 Å². The number of nitrogen functional groups attached to an aromatic ring is 1. The van der Waals surface area contributed by atoms with Crippen molar-refractivity contribution in [2.24, 2.45) is 0 Å². The minimum absolute atomic E-state index is 0.00218. The SMILES string of the molecule is Nc1ncnc(N(Cc2c(F)cccc2F)C2CC2)c1Cl. The van der Waals surface area contributed by atoms with Crippen LogP contribution in [-0.2, 0) is 6.54 Å². The van der Waals surface area contributed by atoms with E-state index in [1.165, 1.54) is 24.5 Å². The zero-order chi connectivity index (χ0) is 15.0. The van der Waals surface area contributed by atoms with Crippen LogP contribution in [0.3, 0.4) is 0 Å². The van der Waals surface area contributed by atoms with Crippen molar-refractivity contribution >= 4 is 23.2 Å². The van der Waals surface area contributed by atoms with Gasteiger partial charge in [-0.15, -0.1) is 0 Å². The Labute approximate surface area is 125 Å². The highest BCUT2D eigenvalue weighted by molar-refractivity contribution is 6.35. The molecule has 2 N–H and O–H groups in total. The first kappa shape index (κ1) is 14.0. The summed E-state index contributed by atoms with van der Waals surface area (Å²) in [5, 5.41) is 0.209. The monoisotopic (exact) mass is 310 g/mol. The van der Waals surface area contributed by atoms with E-state index < -0.39 is 11.6 Å². The fraction of sp³-hybridized carbons (Fsp3) is 0.286. The van der Waals surface area contributed by atoms with Gasteiger partial charge in [-0.05, 0) is 25.0 Å². The molecule has 2 aromatic rings. The van der Waals surface area contributed by atoms with Crippen molar-refractivity contribution in [3.63, 3.8) is 0 Å². The van der Waals surface area contributed by atoms with Gasteiger partial charge in [-0.3, -0.25) is 0 Å². The van der Waals surface area contributed by atoms with Gasteiger partial charge >= 0.3 is 0 Å². The van der Waals surface area contributed by atoms with Gasteiger partial charge in [0.25, 0.3) is 0 Å². The number of rotatable bonds is 4. The fourth-order valence-electron chi connectivity index (χ4n) is 2.19. The molecule has 3 rings (SSSR count). The van der Waals surface area contributed by atoms with Crippen molar-refractivity contribution < 1.29 is 8.78 Å². The Morgan fingerprint density at radius 2 is 1.90 bits per heavy atom. The topological polar surface area (TPSA) is 55.0 Å². The number of hydrogen-bond acceptors (Lipinski definition) is 4. The van der Waals surface area contributed by atoms with Gasteiger partial charge in [0.1, 0.15) is 28.8 Å². The Morgan fingerprint density at radius 1 is 1.24 bits per heavy atom. The number of aromatic nitrogens is 2. The largest absolute Gasteiger partial charge is 0.382 e. The molecular formula is C14H13ClF2N4. The van der Waals surface area contributed by atoms with Crippen molar-refractivity contribution in [1.82, 2.24) is 9.97 Å². The predicted molar refractivity (Wildman–Crippen MR) is 77.0 cm³/mol. The molecule has 0 bridgehead atoms. The molecule has 0 saturated heterocycles. The lowest BCUT2D eigenvalue weighted by Crippen LogP contribution is -2.27. The first-order chi connectivity index (χ1) is 10.1. The molecule has 110 valence electrons. The van der Waals surface area contributed by atoms with Gasteiger partial charge in [-0.25, -0.2) is 18.7 Å². The lowest BCUT2D eigenvalue weighted by atomic mass is 10.2. The van der Waals surface area contributed by atoms with Crippen LogP contribution in [0, 0.1) is 11.6 Å². The molecule has 1 fully saturated rings. The number of hydrogen-bond donors (Lipinski definition) is 1. The lowest BCUT2D eigenvalue weighted by Gasteiger charge is -2.25. The van der Waals surface area contributed by atoms with E-state index in [0.717, 1.165) is 12.8 Å². The fourth-order valence-corrected chi connectivity index (χ4v) is 2.40. The zero-order valence-electron chi connectivity index (χ0n) is 11.1. The van der Waals surface area contributed by atoms with Crippen molar-refractivity contribution in [3.8, 4) is 0 Å². The Hall–Kier alpha value is -1.95. The summed E-state index contributed by atoms with van der Waals surface area (Å²) in [7, 11) is 0. The van der Waals surface area contributed by atoms with E-state index in [2.05, 4.69) is 9.97 Å². The van der Waals surface area contributed by atoms with E-state index in [9.17, 15) is 8.78 Å². The first-order valence-corrected chi connectivity index (χ1v) is 6.91. The summed E-state index contributed by atoms with van der Waals surface area (Å²) >= 11 is 6.13. The highest BCUT2D eigenvalue weighted by Gasteiger charge is 2.33. The van der Waals surface area contributed by atoms with Crippen LogP contribution in [0.25, 0.3) is 0 Å². The second kappa shape index (κ2) is 5.44. The van der Waals surface area contributed by atoms with Gasteiger partial charge in [0.15, 0.2) is 5.82 Å². The van der Waals surface area contributed by atoms with Gasteiger partial charge in [0.05, 0.1) is 6.54 Å². The summed E-state index contributed by atoms with van der Waals surface area (Å²) in [6.07, 6.45) is 3.15. The molecule has 4 nitrogen and oxygen atoms in total. The van der Waals surface area contributed by atoms with Crippen LogP contribution in [0.1, 0.15) is 18.4 Å². The molecule has 0 radical (unpaired) electrons. The molecule has 1 aliphatic carbocycles. The van der Waals surface area contributed by atoms with Crippen LogP contribution < -0.4 is 10.6 Å². The molecule has 0 unspecified atom stereocenters. The summed E-state index contributed by atoms with van der Waals surface area (Å²) in [6, 6.07) is 3.97. The van der Waals surface area contributed by atoms with E-state index in [0.29, 0.717) is 5.82 Å². The third kappa shape index (κ3) is 2.76. The number of benzene rings is 1. The van der Waals surface area contributed by atoms with Gasteiger partial charge in [0.2, 0.25) is 0 Å². The Morgan fingerprint density at radius 3 is 2.52 bits per heavy atom. The van der Waals surface area contributed by atoms with Crippen LogP contribution in [0.15, 0.2) is 24.5 Å². The Bertz CT molecular complexity index is 656. The molecule has 1 heterocycles. The lowest BCUT2D eigenvalue weighted by molar-refractivity contribution is 0.548. The molecule has 7 heteroatoms. The van der Waals surface area contributed by atoms with Crippen molar-refractivity contribution in [2.75, 3.05) is 10.6 Å². The van der Waals surface area contributed by atoms with E-state index >= 15 is 0 Å². The van der Waals surface area contributed by atoms with Crippen LogP contribution in [-0.4, -0.2) is 16.0 Å². The average Bonchev–Trinajstić information content (AvgIpc) is 3.27. The van der Waals surface area contributed by atoms with Crippen molar-refractivity contribution in [2.45, 2.75) is 25.4 Å². The highest BCUT2D eigenvalue weighted by Crippen LogP contribution is 2.37. The zero-order valence-corrected chi connectivity index (χ0v) is 11.8. The molecule has 0 aliphatic heterocycles. The van der Waals surface area contributed by atoms with Gasteiger partial charge in [-0.1, -0.05) is 17.7 Å². The van der Waals surface area contributed by atoms with E-state index in [1.54, 1.807) is 4.90 Å². The number of nitrogens with zero attached hydrogens (tertiary/aromatic N) is 3.